The van der Waals surface area contributed by atoms with Gasteiger partial charge in [0.25, 0.3) is 5.91 Å². The van der Waals surface area contributed by atoms with Gasteiger partial charge in [0, 0.05) is 45.5 Å². The number of ether oxygens (including phenoxy) is 1. The number of aliphatic hydroxyl groups is 1. The van der Waals surface area contributed by atoms with E-state index in [4.69, 9.17) is 27.9 Å². The van der Waals surface area contributed by atoms with Crippen molar-refractivity contribution in [3.05, 3.63) is 73.9 Å². The number of carbonyl (C=O) groups is 1. The van der Waals surface area contributed by atoms with Crippen LogP contribution in [0, 0.1) is 27.7 Å². The fourth-order valence-electron chi connectivity index (χ4n) is 5.69. The Bertz CT molecular complexity index is 1570. The second kappa shape index (κ2) is 10.8. The van der Waals surface area contributed by atoms with Crippen molar-refractivity contribution in [2.24, 2.45) is 0 Å². The van der Waals surface area contributed by atoms with Gasteiger partial charge >= 0.3 is 0 Å². The van der Waals surface area contributed by atoms with Crippen molar-refractivity contribution in [2.45, 2.75) is 60.1 Å². The van der Waals surface area contributed by atoms with Crippen LogP contribution in [0.4, 0.5) is 0 Å². The molecule has 7 nitrogen and oxygen atoms in total. The summed E-state index contributed by atoms with van der Waals surface area (Å²) < 4.78 is 8.19. The lowest BCUT2D eigenvalue weighted by atomic mass is 9.97. The summed E-state index contributed by atoms with van der Waals surface area (Å²) in [6.45, 7) is 10.6. The highest BCUT2D eigenvalue weighted by atomic mass is 35.5. The van der Waals surface area contributed by atoms with Crippen LogP contribution >= 0.6 is 23.2 Å². The van der Waals surface area contributed by atoms with Gasteiger partial charge in [-0.3, -0.25) is 4.79 Å². The Morgan fingerprint density at radius 3 is 2.38 bits per heavy atom. The standard InChI is InChI=1S/C30H32Cl2N4O3/c1-15-11-20(12-16(2)27(15)32)39-10-6-7-21-22-8-9-23(31)26(25-18(4)34-24(14-37)35-19(25)5)28(22)36-17(3)13-33-30(38)29(21)36/h8-9,11-12,17,37H,6-7,10,13-14H2,1-5H3,(H,33,38)/t17-/m1/s1. The van der Waals surface area contributed by atoms with Crippen molar-refractivity contribution in [1.82, 2.24) is 19.9 Å². The Morgan fingerprint density at radius 1 is 1.08 bits per heavy atom. The van der Waals surface area contributed by atoms with Gasteiger partial charge in [0.1, 0.15) is 18.1 Å². The average Bonchev–Trinajstić information content (AvgIpc) is 3.23. The van der Waals surface area contributed by atoms with E-state index in [2.05, 4.69) is 26.8 Å². The number of aryl methyl sites for hydroxylation is 5. The molecule has 0 radical (unpaired) electrons. The Balaban J connectivity index is 1.58. The van der Waals surface area contributed by atoms with E-state index in [1.807, 2.05) is 52.0 Å². The van der Waals surface area contributed by atoms with Gasteiger partial charge < -0.3 is 19.7 Å². The van der Waals surface area contributed by atoms with Crippen molar-refractivity contribution in [1.29, 1.82) is 0 Å². The van der Waals surface area contributed by atoms with E-state index in [1.165, 1.54) is 0 Å². The highest BCUT2D eigenvalue weighted by Gasteiger charge is 2.32. The molecule has 2 N–H and O–H groups in total. The summed E-state index contributed by atoms with van der Waals surface area (Å²) in [7, 11) is 0. The molecule has 204 valence electrons. The molecule has 3 heterocycles. The van der Waals surface area contributed by atoms with Crippen LogP contribution in [0.15, 0.2) is 24.3 Å². The molecule has 39 heavy (non-hydrogen) atoms. The minimum Gasteiger partial charge on any atom is -0.494 e. The number of rotatable bonds is 7. The number of aliphatic hydroxyl groups excluding tert-OH is 1. The van der Waals surface area contributed by atoms with Crippen molar-refractivity contribution < 1.29 is 14.6 Å². The van der Waals surface area contributed by atoms with Crippen LogP contribution in [0.25, 0.3) is 22.0 Å². The molecule has 1 aliphatic rings. The lowest BCUT2D eigenvalue weighted by Gasteiger charge is -2.26. The Kier molecular flexibility index (Phi) is 7.60. The van der Waals surface area contributed by atoms with Gasteiger partial charge in [-0.15, -0.1) is 0 Å². The molecule has 1 amide bonds. The van der Waals surface area contributed by atoms with Crippen LogP contribution in [0.1, 0.15) is 63.8 Å². The largest absolute Gasteiger partial charge is 0.494 e. The first kappa shape index (κ1) is 27.4. The number of aromatic nitrogens is 3. The molecule has 2 aromatic heterocycles. The zero-order valence-electron chi connectivity index (χ0n) is 22.8. The van der Waals surface area contributed by atoms with Gasteiger partial charge in [-0.05, 0) is 82.3 Å². The number of hydrogen-bond acceptors (Lipinski definition) is 5. The molecule has 0 spiro atoms. The summed E-state index contributed by atoms with van der Waals surface area (Å²) in [5.74, 6) is 1.07. The highest BCUT2D eigenvalue weighted by molar-refractivity contribution is 6.35. The monoisotopic (exact) mass is 566 g/mol. The summed E-state index contributed by atoms with van der Waals surface area (Å²) in [4.78, 5) is 22.3. The second-order valence-corrected chi connectivity index (χ2v) is 11.0. The van der Waals surface area contributed by atoms with Gasteiger partial charge in [0.15, 0.2) is 5.82 Å². The van der Waals surface area contributed by atoms with E-state index in [0.717, 1.165) is 67.3 Å². The van der Waals surface area contributed by atoms with E-state index < -0.39 is 0 Å². The van der Waals surface area contributed by atoms with Crippen LogP contribution in [-0.2, 0) is 13.0 Å². The number of nitrogens with one attached hydrogen (secondary N) is 1. The lowest BCUT2D eigenvalue weighted by molar-refractivity contribution is 0.0918. The average molecular weight is 568 g/mol. The van der Waals surface area contributed by atoms with Crippen molar-refractivity contribution >= 4 is 40.0 Å². The van der Waals surface area contributed by atoms with Crippen LogP contribution in [0.3, 0.4) is 0 Å². The summed E-state index contributed by atoms with van der Waals surface area (Å²) in [6, 6.07) is 7.81. The van der Waals surface area contributed by atoms with Crippen molar-refractivity contribution in [3.8, 4) is 16.9 Å². The quantitative estimate of drug-likeness (QED) is 0.251. The SMILES string of the molecule is Cc1cc(OCCCc2c3n(c4c(-c5c(C)nc(CO)nc5C)c(Cl)ccc24)[C@H](C)CNC3=O)cc(C)c1Cl. The minimum atomic E-state index is -0.237. The van der Waals surface area contributed by atoms with E-state index in [-0.39, 0.29) is 18.6 Å². The Morgan fingerprint density at radius 2 is 1.74 bits per heavy atom. The fraction of sp³-hybridized carbons (Fsp3) is 0.367. The molecule has 9 heteroatoms. The molecule has 0 saturated carbocycles. The van der Waals surface area contributed by atoms with Crippen molar-refractivity contribution in [3.63, 3.8) is 0 Å². The molecule has 1 aliphatic heterocycles. The zero-order chi connectivity index (χ0) is 28.0. The number of halogens is 2. The van der Waals surface area contributed by atoms with Gasteiger partial charge in [-0.2, -0.15) is 0 Å². The normalized spacial score (nSPS) is 15.0. The maximum absolute atomic E-state index is 13.3. The molecule has 4 aromatic rings. The smallest absolute Gasteiger partial charge is 0.268 e. The third-order valence-corrected chi connectivity index (χ3v) is 8.30. The number of amides is 1. The second-order valence-electron chi connectivity index (χ2n) is 10.2. The molecular weight excluding hydrogens is 535 g/mol. The molecule has 0 bridgehead atoms. The van der Waals surface area contributed by atoms with E-state index in [9.17, 15) is 9.90 Å². The Hall–Kier alpha value is -3.13. The molecule has 0 aliphatic carbocycles. The van der Waals surface area contributed by atoms with E-state index in [1.54, 1.807) is 0 Å². The number of fused-ring (bicyclic) bond motifs is 3. The fourth-order valence-corrected chi connectivity index (χ4v) is 6.04. The third-order valence-electron chi connectivity index (χ3n) is 7.39. The lowest BCUT2D eigenvalue weighted by Crippen LogP contribution is -2.38. The molecule has 0 unspecified atom stereocenters. The summed E-state index contributed by atoms with van der Waals surface area (Å²) in [5, 5.41) is 14.9. The maximum atomic E-state index is 13.3. The first-order chi connectivity index (χ1) is 18.6. The van der Waals surface area contributed by atoms with E-state index >= 15 is 0 Å². The molecule has 2 aromatic carbocycles. The predicted octanol–water partition coefficient (Wildman–Crippen LogP) is 6.45. The third kappa shape index (κ3) is 4.88. The van der Waals surface area contributed by atoms with Crippen LogP contribution < -0.4 is 10.1 Å². The zero-order valence-corrected chi connectivity index (χ0v) is 24.3. The van der Waals surface area contributed by atoms with Crippen LogP contribution in [0.5, 0.6) is 5.75 Å². The van der Waals surface area contributed by atoms with E-state index in [0.29, 0.717) is 36.1 Å². The first-order valence-corrected chi connectivity index (χ1v) is 13.9. The number of nitrogens with zero attached hydrogens (tertiary/aromatic N) is 3. The minimum absolute atomic E-state index is 0.0284. The molecule has 0 fully saturated rings. The number of hydrogen-bond donors (Lipinski definition) is 2. The predicted molar refractivity (Wildman–Crippen MR) is 155 cm³/mol. The van der Waals surface area contributed by atoms with Gasteiger partial charge in [-0.1, -0.05) is 29.3 Å². The molecule has 1 atom stereocenters. The van der Waals surface area contributed by atoms with Crippen LogP contribution in [-0.4, -0.2) is 38.7 Å². The van der Waals surface area contributed by atoms with Gasteiger partial charge in [0.05, 0.1) is 17.1 Å². The Labute approximate surface area is 238 Å². The van der Waals surface area contributed by atoms with Crippen molar-refractivity contribution in [2.75, 3.05) is 13.2 Å². The maximum Gasteiger partial charge on any atom is 0.268 e. The molecule has 5 rings (SSSR count). The van der Waals surface area contributed by atoms with Crippen LogP contribution in [0.2, 0.25) is 10.0 Å². The summed E-state index contributed by atoms with van der Waals surface area (Å²) >= 11 is 13.2. The number of benzene rings is 2. The summed E-state index contributed by atoms with van der Waals surface area (Å²) in [6.07, 6.45) is 1.38. The highest BCUT2D eigenvalue weighted by Crippen LogP contribution is 2.43. The van der Waals surface area contributed by atoms with Gasteiger partial charge in [0.2, 0.25) is 0 Å². The van der Waals surface area contributed by atoms with Gasteiger partial charge in [-0.25, -0.2) is 9.97 Å². The molecular formula is C30H32Cl2N4O3. The number of carbonyl (C=O) groups excluding carboxylic acids is 1. The molecule has 0 saturated heterocycles. The summed E-state index contributed by atoms with van der Waals surface area (Å²) in [5.41, 5.74) is 7.60. The topological polar surface area (TPSA) is 89.3 Å². The first-order valence-electron chi connectivity index (χ1n) is 13.1.